The van der Waals surface area contributed by atoms with Gasteiger partial charge in [0.25, 0.3) is 5.91 Å². The molecule has 0 radical (unpaired) electrons. The highest BCUT2D eigenvalue weighted by atomic mass is 32.2. The quantitative estimate of drug-likeness (QED) is 0.140. The SMILES string of the molecule is CCCCCCCCCCC/C=N/NC(=O)c1ccc[n+](C)c1.Cc1ccc(S(=O)(=O)[O-])cc1. The van der Waals surface area contributed by atoms with Gasteiger partial charge in [-0.25, -0.2) is 18.4 Å². The standard InChI is InChI=1S/C19H31N3O.C7H8O3S/c1-3-4-5-6-7-8-9-10-11-12-15-20-21-19(23)18-14-13-16-22(2)17-18;1-6-2-4-7(5-3-6)11(8,9)10/h13-17H,3-12H2,1-2H3;2-5H,1H3,(H,8,9,10)/b20-15+;. The molecule has 1 amide bonds. The summed E-state index contributed by atoms with van der Waals surface area (Å²) >= 11 is 0. The van der Waals surface area contributed by atoms with E-state index in [0.717, 1.165) is 18.4 Å². The van der Waals surface area contributed by atoms with Crippen LogP contribution in [0.3, 0.4) is 0 Å². The Morgan fingerprint density at radius 3 is 2.15 bits per heavy atom. The molecule has 0 aliphatic heterocycles. The van der Waals surface area contributed by atoms with E-state index in [9.17, 15) is 17.8 Å². The summed E-state index contributed by atoms with van der Waals surface area (Å²) in [7, 11) is -2.38. The molecular formula is C26H39N3O4S. The minimum Gasteiger partial charge on any atom is -0.744 e. The number of pyridine rings is 1. The summed E-state index contributed by atoms with van der Waals surface area (Å²) in [5.74, 6) is -0.162. The van der Waals surface area contributed by atoms with Crippen molar-refractivity contribution in [2.24, 2.45) is 12.1 Å². The molecule has 1 aromatic carbocycles. The van der Waals surface area contributed by atoms with Gasteiger partial charge in [-0.1, -0.05) is 76.0 Å². The Bertz CT molecular complexity index is 974. The minimum absolute atomic E-state index is 0.162. The second-order valence-corrected chi connectivity index (χ2v) is 9.77. The van der Waals surface area contributed by atoms with Gasteiger partial charge in [-0.15, -0.1) is 0 Å². The number of rotatable bonds is 13. The number of nitrogens with one attached hydrogen (secondary N) is 1. The van der Waals surface area contributed by atoms with Gasteiger partial charge in [0.1, 0.15) is 22.7 Å². The maximum Gasteiger partial charge on any atom is 0.277 e. The lowest BCUT2D eigenvalue weighted by Gasteiger charge is -2.05. The van der Waals surface area contributed by atoms with Gasteiger partial charge in [-0.2, -0.15) is 5.10 Å². The molecule has 0 saturated carbocycles. The number of hydrogen-bond acceptors (Lipinski definition) is 5. The molecule has 1 aromatic heterocycles. The number of aryl methyl sites for hydroxylation is 2. The molecule has 188 valence electrons. The van der Waals surface area contributed by atoms with E-state index in [1.807, 2.05) is 37.0 Å². The first kappa shape index (κ1) is 29.5. The Balaban J connectivity index is 0.000000437. The van der Waals surface area contributed by atoms with Crippen LogP contribution in [0.4, 0.5) is 0 Å². The van der Waals surface area contributed by atoms with Gasteiger partial charge in [-0.05, 0) is 38.0 Å². The van der Waals surface area contributed by atoms with Crippen molar-refractivity contribution in [1.29, 1.82) is 0 Å². The molecule has 8 heteroatoms. The molecule has 0 saturated heterocycles. The van der Waals surface area contributed by atoms with Crippen LogP contribution in [0, 0.1) is 6.92 Å². The molecular weight excluding hydrogens is 450 g/mol. The van der Waals surface area contributed by atoms with E-state index in [4.69, 9.17) is 0 Å². The molecule has 34 heavy (non-hydrogen) atoms. The summed E-state index contributed by atoms with van der Waals surface area (Å²) in [5.41, 5.74) is 4.12. The van der Waals surface area contributed by atoms with Crippen LogP contribution in [0.1, 0.15) is 87.1 Å². The van der Waals surface area contributed by atoms with E-state index < -0.39 is 10.1 Å². The van der Waals surface area contributed by atoms with Crippen molar-refractivity contribution in [2.45, 2.75) is 83.0 Å². The highest BCUT2D eigenvalue weighted by Crippen LogP contribution is 2.10. The van der Waals surface area contributed by atoms with E-state index in [0.29, 0.717) is 5.56 Å². The number of benzene rings is 1. The van der Waals surface area contributed by atoms with Crippen molar-refractivity contribution in [3.8, 4) is 0 Å². The number of hydrogen-bond donors (Lipinski definition) is 1. The summed E-state index contributed by atoms with van der Waals surface area (Å²) < 4.78 is 33.0. The van der Waals surface area contributed by atoms with Gasteiger partial charge >= 0.3 is 0 Å². The Hall–Kier alpha value is -2.58. The average molecular weight is 490 g/mol. The van der Waals surface area contributed by atoms with Crippen LogP contribution in [0.25, 0.3) is 0 Å². The van der Waals surface area contributed by atoms with E-state index in [-0.39, 0.29) is 10.8 Å². The summed E-state index contributed by atoms with van der Waals surface area (Å²) in [4.78, 5) is 11.7. The van der Waals surface area contributed by atoms with Gasteiger partial charge in [-0.3, -0.25) is 4.79 Å². The maximum absolute atomic E-state index is 11.8. The van der Waals surface area contributed by atoms with Crippen LogP contribution < -0.4 is 9.99 Å². The molecule has 7 nitrogen and oxygen atoms in total. The first-order valence-electron chi connectivity index (χ1n) is 12.0. The highest BCUT2D eigenvalue weighted by Gasteiger charge is 2.07. The second kappa shape index (κ2) is 16.9. The van der Waals surface area contributed by atoms with Crippen molar-refractivity contribution < 1.29 is 22.3 Å². The molecule has 1 N–H and O–H groups in total. The first-order valence-corrected chi connectivity index (χ1v) is 13.4. The predicted octanol–water partition coefficient (Wildman–Crippen LogP) is 5.05. The zero-order valence-corrected chi connectivity index (χ0v) is 21.5. The van der Waals surface area contributed by atoms with Crippen LogP contribution in [-0.2, 0) is 17.2 Å². The number of unbranched alkanes of at least 4 members (excludes halogenated alkanes) is 9. The smallest absolute Gasteiger partial charge is 0.277 e. The van der Waals surface area contributed by atoms with Gasteiger partial charge in [0, 0.05) is 12.3 Å². The molecule has 0 unspecified atom stereocenters. The summed E-state index contributed by atoms with van der Waals surface area (Å²) in [5, 5.41) is 4.01. The molecule has 1 heterocycles. The third-order valence-corrected chi connectivity index (χ3v) is 6.06. The lowest BCUT2D eigenvalue weighted by molar-refractivity contribution is -0.671. The third-order valence-electron chi connectivity index (χ3n) is 5.21. The van der Waals surface area contributed by atoms with Crippen LogP contribution >= 0.6 is 0 Å². The Morgan fingerprint density at radius 2 is 1.59 bits per heavy atom. The Morgan fingerprint density at radius 1 is 1.00 bits per heavy atom. The fourth-order valence-corrected chi connectivity index (χ4v) is 3.68. The van der Waals surface area contributed by atoms with Gasteiger partial charge < -0.3 is 4.55 Å². The number of carbonyl (C=O) groups excluding carboxylic acids is 1. The van der Waals surface area contributed by atoms with Crippen LogP contribution in [0.5, 0.6) is 0 Å². The van der Waals surface area contributed by atoms with E-state index >= 15 is 0 Å². The largest absolute Gasteiger partial charge is 0.744 e. The second-order valence-electron chi connectivity index (χ2n) is 8.39. The monoisotopic (exact) mass is 489 g/mol. The first-order chi connectivity index (χ1) is 16.2. The molecule has 0 atom stereocenters. The molecule has 0 bridgehead atoms. The fraction of sp³-hybridized carbons (Fsp3) is 0.500. The number of hydrazone groups is 1. The average Bonchev–Trinajstić information content (AvgIpc) is 2.80. The molecule has 2 aromatic rings. The van der Waals surface area contributed by atoms with Crippen molar-refractivity contribution in [3.05, 3.63) is 59.9 Å². The number of carbonyl (C=O) groups is 1. The summed E-state index contributed by atoms with van der Waals surface area (Å²) in [6, 6.07) is 9.41. The van der Waals surface area contributed by atoms with Crippen LogP contribution in [0.15, 0.2) is 58.8 Å². The van der Waals surface area contributed by atoms with Gasteiger partial charge in [0.05, 0.1) is 4.90 Å². The van der Waals surface area contributed by atoms with Gasteiger partial charge in [0.15, 0.2) is 12.4 Å². The van der Waals surface area contributed by atoms with E-state index in [2.05, 4.69) is 17.5 Å². The van der Waals surface area contributed by atoms with Crippen molar-refractivity contribution in [1.82, 2.24) is 5.43 Å². The lowest BCUT2D eigenvalue weighted by atomic mass is 10.1. The normalized spacial score (nSPS) is 11.2. The van der Waals surface area contributed by atoms with Crippen LogP contribution in [0.2, 0.25) is 0 Å². The zero-order chi connectivity index (χ0) is 25.2. The Kier molecular flexibility index (Phi) is 14.7. The zero-order valence-electron chi connectivity index (χ0n) is 20.7. The van der Waals surface area contributed by atoms with Crippen molar-refractivity contribution in [3.63, 3.8) is 0 Å². The molecule has 0 aliphatic rings. The molecule has 0 fully saturated rings. The summed E-state index contributed by atoms with van der Waals surface area (Å²) in [6.07, 6.45) is 18.3. The number of nitrogens with zero attached hydrogens (tertiary/aromatic N) is 2. The predicted molar refractivity (Wildman–Crippen MR) is 135 cm³/mol. The maximum atomic E-state index is 11.8. The topological polar surface area (TPSA) is 103 Å². The van der Waals surface area contributed by atoms with Crippen LogP contribution in [-0.4, -0.2) is 25.1 Å². The van der Waals surface area contributed by atoms with Gasteiger partial charge in [0.2, 0.25) is 0 Å². The van der Waals surface area contributed by atoms with E-state index in [1.165, 1.54) is 63.5 Å². The lowest BCUT2D eigenvalue weighted by Crippen LogP contribution is -2.29. The minimum atomic E-state index is -4.27. The number of aromatic nitrogens is 1. The van der Waals surface area contributed by atoms with E-state index in [1.54, 1.807) is 24.4 Å². The Labute approximate surface area is 205 Å². The molecule has 0 spiro atoms. The van der Waals surface area contributed by atoms with Crippen molar-refractivity contribution in [2.75, 3.05) is 0 Å². The fourth-order valence-electron chi connectivity index (χ4n) is 3.21. The third kappa shape index (κ3) is 13.9. The number of amides is 1. The molecule has 0 aliphatic carbocycles. The summed E-state index contributed by atoms with van der Waals surface area (Å²) in [6.45, 7) is 4.07. The molecule has 2 rings (SSSR count). The van der Waals surface area contributed by atoms with Crippen molar-refractivity contribution >= 4 is 22.2 Å². The highest BCUT2D eigenvalue weighted by molar-refractivity contribution is 7.85.